The first-order valence-electron chi connectivity index (χ1n) is 5.89. The number of amides is 1. The van der Waals surface area contributed by atoms with Crippen molar-refractivity contribution in [3.05, 3.63) is 32.6 Å². The molecule has 1 aromatic heterocycles. The van der Waals surface area contributed by atoms with E-state index in [1.165, 1.54) is 6.20 Å². The maximum Gasteiger partial charge on any atom is 0.325 e. The summed E-state index contributed by atoms with van der Waals surface area (Å²) in [7, 11) is 1.68. The molecule has 0 atom stereocenters. The molecule has 1 fully saturated rings. The molecule has 0 unspecified atom stereocenters. The minimum Gasteiger partial charge on any atom is -0.338 e. The third-order valence-electron chi connectivity index (χ3n) is 3.23. The first kappa shape index (κ1) is 12.6. The van der Waals surface area contributed by atoms with Gasteiger partial charge >= 0.3 is 5.69 Å². The average Bonchev–Trinajstić information content (AvgIpc) is 2.38. The molecule has 0 aliphatic carbocycles. The predicted molar refractivity (Wildman–Crippen MR) is 65.7 cm³/mol. The number of nitrogens with zero attached hydrogens (tertiary/aromatic N) is 1. The molecule has 1 saturated heterocycles. The van der Waals surface area contributed by atoms with Crippen molar-refractivity contribution in [1.29, 1.82) is 0 Å². The van der Waals surface area contributed by atoms with Gasteiger partial charge in [-0.25, -0.2) is 4.79 Å². The average molecular weight is 252 g/mol. The summed E-state index contributed by atoms with van der Waals surface area (Å²) < 4.78 is 0. The van der Waals surface area contributed by atoms with Gasteiger partial charge < -0.3 is 15.2 Å². The van der Waals surface area contributed by atoms with E-state index < -0.39 is 11.2 Å². The molecule has 7 nitrogen and oxygen atoms in total. The lowest BCUT2D eigenvalue weighted by molar-refractivity contribution is 0.0701. The molecule has 98 valence electrons. The van der Waals surface area contributed by atoms with Gasteiger partial charge in [0.25, 0.3) is 11.5 Å². The van der Waals surface area contributed by atoms with Crippen molar-refractivity contribution in [1.82, 2.24) is 20.2 Å². The molecule has 1 aliphatic heterocycles. The Morgan fingerprint density at radius 1 is 1.33 bits per heavy atom. The second-order valence-electron chi connectivity index (χ2n) is 4.38. The lowest BCUT2D eigenvalue weighted by Crippen LogP contribution is -2.45. The van der Waals surface area contributed by atoms with Crippen molar-refractivity contribution in [3.63, 3.8) is 0 Å². The number of piperidine rings is 1. The highest BCUT2D eigenvalue weighted by atomic mass is 16.2. The van der Waals surface area contributed by atoms with Crippen LogP contribution < -0.4 is 16.6 Å². The van der Waals surface area contributed by atoms with Gasteiger partial charge in [-0.1, -0.05) is 0 Å². The Hall–Kier alpha value is -1.89. The fraction of sp³-hybridized carbons (Fsp3) is 0.545. The summed E-state index contributed by atoms with van der Waals surface area (Å²) in [6.45, 7) is 1.73. The van der Waals surface area contributed by atoms with Gasteiger partial charge in [-0.3, -0.25) is 14.6 Å². The van der Waals surface area contributed by atoms with Crippen LogP contribution in [0.2, 0.25) is 0 Å². The number of carbonyl (C=O) groups is 1. The van der Waals surface area contributed by atoms with E-state index in [-0.39, 0.29) is 17.5 Å². The van der Waals surface area contributed by atoms with Crippen molar-refractivity contribution in [2.24, 2.45) is 0 Å². The normalized spacial score (nSPS) is 16.5. The highest BCUT2D eigenvalue weighted by Gasteiger charge is 2.24. The zero-order valence-electron chi connectivity index (χ0n) is 10.2. The van der Waals surface area contributed by atoms with Gasteiger partial charge in [-0.2, -0.15) is 0 Å². The second-order valence-corrected chi connectivity index (χ2v) is 4.38. The quantitative estimate of drug-likeness (QED) is 0.621. The minimum absolute atomic E-state index is 0.0318. The van der Waals surface area contributed by atoms with Gasteiger partial charge in [0.15, 0.2) is 0 Å². The standard InChI is InChI=1S/C11H16N4O3/c1-15(7-2-4-12-5-3-7)10(17)8-6-13-11(18)14-9(8)16/h6-7,12H,2-5H2,1H3,(H2,13,14,16,18). The number of aromatic nitrogens is 2. The summed E-state index contributed by atoms with van der Waals surface area (Å²) in [6, 6.07) is 0.130. The Labute approximate surface area is 103 Å². The fourth-order valence-electron chi connectivity index (χ4n) is 2.12. The number of aromatic amines is 2. The number of carbonyl (C=O) groups excluding carboxylic acids is 1. The van der Waals surface area contributed by atoms with Crippen LogP contribution in [0.25, 0.3) is 0 Å². The summed E-state index contributed by atoms with van der Waals surface area (Å²) in [5, 5.41) is 3.21. The summed E-state index contributed by atoms with van der Waals surface area (Å²) in [5.41, 5.74) is -1.29. The van der Waals surface area contributed by atoms with Crippen LogP contribution in [0.4, 0.5) is 0 Å². The molecule has 2 heterocycles. The first-order chi connectivity index (χ1) is 8.59. The van der Waals surface area contributed by atoms with E-state index in [0.717, 1.165) is 25.9 Å². The van der Waals surface area contributed by atoms with E-state index in [1.807, 2.05) is 0 Å². The lowest BCUT2D eigenvalue weighted by Gasteiger charge is -2.31. The monoisotopic (exact) mass is 252 g/mol. The SMILES string of the molecule is CN(C(=O)c1c[nH]c(=O)[nH]c1=O)C1CCNCC1. The van der Waals surface area contributed by atoms with Gasteiger partial charge in [0, 0.05) is 19.3 Å². The van der Waals surface area contributed by atoms with Gasteiger partial charge in [0.05, 0.1) is 0 Å². The van der Waals surface area contributed by atoms with Crippen LogP contribution in [-0.4, -0.2) is 47.0 Å². The number of hydrogen-bond donors (Lipinski definition) is 3. The summed E-state index contributed by atoms with van der Waals surface area (Å²) in [6.07, 6.45) is 2.90. The van der Waals surface area contributed by atoms with E-state index in [9.17, 15) is 14.4 Å². The van der Waals surface area contributed by atoms with Crippen molar-refractivity contribution in [3.8, 4) is 0 Å². The van der Waals surface area contributed by atoms with Crippen LogP contribution >= 0.6 is 0 Å². The third-order valence-corrected chi connectivity index (χ3v) is 3.23. The maximum absolute atomic E-state index is 12.1. The molecule has 0 bridgehead atoms. The Bertz CT molecular complexity index is 542. The van der Waals surface area contributed by atoms with Crippen LogP contribution in [-0.2, 0) is 0 Å². The Morgan fingerprint density at radius 2 is 2.00 bits per heavy atom. The predicted octanol–water partition coefficient (Wildman–Crippen LogP) is -1.11. The third kappa shape index (κ3) is 2.51. The largest absolute Gasteiger partial charge is 0.338 e. The first-order valence-corrected chi connectivity index (χ1v) is 5.89. The van der Waals surface area contributed by atoms with E-state index in [4.69, 9.17) is 0 Å². The number of hydrogen-bond acceptors (Lipinski definition) is 4. The molecule has 0 radical (unpaired) electrons. The van der Waals surface area contributed by atoms with Gasteiger partial charge in [-0.05, 0) is 25.9 Å². The van der Waals surface area contributed by atoms with E-state index >= 15 is 0 Å². The van der Waals surface area contributed by atoms with Gasteiger partial charge in [0.2, 0.25) is 0 Å². The highest BCUT2D eigenvalue weighted by molar-refractivity contribution is 5.93. The lowest BCUT2D eigenvalue weighted by atomic mass is 10.0. The van der Waals surface area contributed by atoms with E-state index in [1.54, 1.807) is 11.9 Å². The molecular formula is C11H16N4O3. The molecule has 3 N–H and O–H groups in total. The fourth-order valence-corrected chi connectivity index (χ4v) is 2.12. The maximum atomic E-state index is 12.1. The van der Waals surface area contributed by atoms with Crippen molar-refractivity contribution in [2.45, 2.75) is 18.9 Å². The molecule has 1 amide bonds. The molecule has 7 heteroatoms. The molecule has 1 aromatic rings. The molecule has 18 heavy (non-hydrogen) atoms. The minimum atomic E-state index is -0.649. The molecular weight excluding hydrogens is 236 g/mol. The molecule has 2 rings (SSSR count). The van der Waals surface area contributed by atoms with E-state index in [2.05, 4.69) is 15.3 Å². The molecule has 1 aliphatic rings. The Kier molecular flexibility index (Phi) is 3.61. The Balaban J connectivity index is 2.19. The summed E-state index contributed by atoms with van der Waals surface area (Å²) in [4.78, 5) is 40.5. The number of rotatable bonds is 2. The summed E-state index contributed by atoms with van der Waals surface area (Å²) >= 11 is 0. The Morgan fingerprint density at radius 3 is 2.61 bits per heavy atom. The summed E-state index contributed by atoms with van der Waals surface area (Å²) in [5.74, 6) is -0.362. The van der Waals surface area contributed by atoms with Gasteiger partial charge in [0.1, 0.15) is 5.56 Å². The smallest absolute Gasteiger partial charge is 0.325 e. The zero-order valence-corrected chi connectivity index (χ0v) is 10.2. The van der Waals surface area contributed by atoms with E-state index in [0.29, 0.717) is 0 Å². The topological polar surface area (TPSA) is 98.1 Å². The van der Waals surface area contributed by atoms with Crippen LogP contribution in [0.5, 0.6) is 0 Å². The van der Waals surface area contributed by atoms with Crippen LogP contribution in [0, 0.1) is 0 Å². The van der Waals surface area contributed by atoms with Gasteiger partial charge in [-0.15, -0.1) is 0 Å². The van der Waals surface area contributed by atoms with Crippen LogP contribution in [0.3, 0.4) is 0 Å². The highest BCUT2D eigenvalue weighted by Crippen LogP contribution is 2.11. The van der Waals surface area contributed by atoms with Crippen LogP contribution in [0.15, 0.2) is 15.8 Å². The molecule has 0 aromatic carbocycles. The van der Waals surface area contributed by atoms with Crippen molar-refractivity contribution < 1.29 is 4.79 Å². The number of nitrogens with one attached hydrogen (secondary N) is 3. The number of H-pyrrole nitrogens is 2. The van der Waals surface area contributed by atoms with Crippen molar-refractivity contribution >= 4 is 5.91 Å². The van der Waals surface area contributed by atoms with Crippen LogP contribution in [0.1, 0.15) is 23.2 Å². The zero-order chi connectivity index (χ0) is 13.1. The molecule has 0 saturated carbocycles. The van der Waals surface area contributed by atoms with Crippen molar-refractivity contribution in [2.75, 3.05) is 20.1 Å². The second kappa shape index (κ2) is 5.18. The molecule has 0 spiro atoms.